The first-order valence-electron chi connectivity index (χ1n) is 6.43. The van der Waals surface area contributed by atoms with Crippen molar-refractivity contribution < 1.29 is 19.8 Å². The summed E-state index contributed by atoms with van der Waals surface area (Å²) in [6.07, 6.45) is 4.49. The Bertz CT molecular complexity index is 895. The predicted molar refractivity (Wildman–Crippen MR) is 82.3 cm³/mol. The fourth-order valence-electron chi connectivity index (χ4n) is 2.12. The van der Waals surface area contributed by atoms with Gasteiger partial charge in [0, 0.05) is 24.2 Å². The topological polar surface area (TPSA) is 125 Å². The highest BCUT2D eigenvalue weighted by atomic mass is 32.1. The van der Waals surface area contributed by atoms with Crippen LogP contribution in [0.2, 0.25) is 0 Å². The van der Waals surface area contributed by atoms with Crippen molar-refractivity contribution in [1.82, 2.24) is 20.3 Å². The first-order chi connectivity index (χ1) is 11.1. The zero-order valence-electron chi connectivity index (χ0n) is 11.6. The molecular formula is C14H10N4O4S. The number of amides is 1. The van der Waals surface area contributed by atoms with E-state index in [1.54, 1.807) is 11.7 Å². The van der Waals surface area contributed by atoms with Gasteiger partial charge in [-0.05, 0) is 6.07 Å². The molecule has 1 amide bonds. The maximum Gasteiger partial charge on any atom is 0.322 e. The molecule has 8 nitrogen and oxygen atoms in total. The number of phenols is 1. The van der Waals surface area contributed by atoms with Crippen molar-refractivity contribution in [3.8, 4) is 16.2 Å². The van der Waals surface area contributed by atoms with E-state index in [9.17, 15) is 14.7 Å². The van der Waals surface area contributed by atoms with Crippen molar-refractivity contribution in [2.45, 2.75) is 0 Å². The van der Waals surface area contributed by atoms with E-state index < -0.39 is 18.4 Å². The number of aromatic hydroxyl groups is 1. The van der Waals surface area contributed by atoms with E-state index in [1.165, 1.54) is 29.8 Å². The molecule has 3 rings (SSSR count). The summed E-state index contributed by atoms with van der Waals surface area (Å²) in [7, 11) is 0. The normalized spacial score (nSPS) is 10.6. The molecule has 0 saturated heterocycles. The van der Waals surface area contributed by atoms with E-state index in [2.05, 4.69) is 20.3 Å². The van der Waals surface area contributed by atoms with Crippen molar-refractivity contribution in [1.29, 1.82) is 0 Å². The maximum atomic E-state index is 12.2. The highest BCUT2D eigenvalue weighted by Gasteiger charge is 2.21. The summed E-state index contributed by atoms with van der Waals surface area (Å²) in [6.45, 7) is -0.559. The number of phenolic OH excluding ortho intramolecular Hbond substituents is 1. The number of aromatic nitrogens is 3. The number of carboxylic acid groups (broad SMARTS) is 1. The largest absolute Gasteiger partial charge is 0.507 e. The number of aliphatic carboxylic acids is 1. The Morgan fingerprint density at radius 1 is 1.22 bits per heavy atom. The van der Waals surface area contributed by atoms with Gasteiger partial charge < -0.3 is 15.5 Å². The van der Waals surface area contributed by atoms with Crippen LogP contribution < -0.4 is 5.32 Å². The monoisotopic (exact) mass is 330 g/mol. The van der Waals surface area contributed by atoms with Crippen LogP contribution in [-0.4, -0.2) is 43.6 Å². The van der Waals surface area contributed by atoms with Crippen molar-refractivity contribution >= 4 is 34.2 Å². The van der Waals surface area contributed by atoms with Crippen LogP contribution in [0.5, 0.6) is 5.75 Å². The van der Waals surface area contributed by atoms with Gasteiger partial charge in [0.2, 0.25) is 0 Å². The van der Waals surface area contributed by atoms with E-state index in [4.69, 9.17) is 5.11 Å². The number of nitrogens with zero attached hydrogens (tertiary/aromatic N) is 3. The van der Waals surface area contributed by atoms with Gasteiger partial charge in [-0.15, -0.1) is 11.3 Å². The number of carbonyl (C=O) groups is 2. The lowest BCUT2D eigenvalue weighted by atomic mass is 10.0. The Kier molecular flexibility index (Phi) is 3.85. The summed E-state index contributed by atoms with van der Waals surface area (Å²) in [6, 6.07) is 1.40. The van der Waals surface area contributed by atoms with Crippen molar-refractivity contribution in [3.05, 3.63) is 35.7 Å². The third-order valence-corrected chi connectivity index (χ3v) is 3.86. The average Bonchev–Trinajstić information content (AvgIpc) is 3.06. The molecule has 23 heavy (non-hydrogen) atoms. The summed E-state index contributed by atoms with van der Waals surface area (Å²) in [5, 5.41) is 21.1. The molecule has 0 aliphatic rings. The van der Waals surface area contributed by atoms with Crippen molar-refractivity contribution in [2.24, 2.45) is 0 Å². The lowest BCUT2D eigenvalue weighted by Gasteiger charge is -2.10. The molecule has 116 valence electrons. The highest BCUT2D eigenvalue weighted by Crippen LogP contribution is 2.35. The van der Waals surface area contributed by atoms with Crippen molar-refractivity contribution in [2.75, 3.05) is 6.54 Å². The first kappa shape index (κ1) is 14.9. The van der Waals surface area contributed by atoms with E-state index in [0.717, 1.165) is 4.88 Å². The fourth-order valence-corrected chi connectivity index (χ4v) is 2.76. The van der Waals surface area contributed by atoms with E-state index in [1.807, 2.05) is 0 Å². The van der Waals surface area contributed by atoms with Gasteiger partial charge in [0.25, 0.3) is 5.91 Å². The van der Waals surface area contributed by atoms with Gasteiger partial charge in [-0.1, -0.05) is 0 Å². The Morgan fingerprint density at radius 3 is 2.61 bits per heavy atom. The highest BCUT2D eigenvalue weighted by molar-refractivity contribution is 7.13. The molecule has 3 N–H and O–H groups in total. The van der Waals surface area contributed by atoms with Gasteiger partial charge in [0.15, 0.2) is 0 Å². The molecule has 2 heterocycles. The number of carboxylic acids is 1. The average molecular weight is 330 g/mol. The number of fused-ring (bicyclic) bond motifs is 1. The molecule has 1 aromatic carbocycles. The Balaban J connectivity index is 2.17. The Hall–Kier alpha value is -3.07. The van der Waals surface area contributed by atoms with Gasteiger partial charge in [0.1, 0.15) is 23.4 Å². The standard InChI is InChI=1S/C14H10N4O4S/c19-8-3-7(9-4-15-6-23-9)12-13(17-2-1-16-12)11(8)14(22)18-5-10(20)21/h1-4,6,19H,5H2,(H,18,22)(H,20,21). The molecule has 0 atom stereocenters. The molecule has 9 heteroatoms. The van der Waals surface area contributed by atoms with Crippen LogP contribution in [0.25, 0.3) is 21.5 Å². The molecule has 0 aliphatic carbocycles. The number of hydrogen-bond acceptors (Lipinski definition) is 7. The minimum atomic E-state index is -1.19. The van der Waals surface area contributed by atoms with E-state index in [-0.39, 0.29) is 16.8 Å². The second-order valence-electron chi connectivity index (χ2n) is 4.51. The molecule has 0 spiro atoms. The predicted octanol–water partition coefficient (Wildman–Crippen LogP) is 1.27. The molecule has 0 saturated carbocycles. The van der Waals surface area contributed by atoms with E-state index in [0.29, 0.717) is 11.1 Å². The summed E-state index contributed by atoms with van der Waals surface area (Å²) in [5.41, 5.74) is 2.75. The minimum absolute atomic E-state index is 0.109. The summed E-state index contributed by atoms with van der Waals surface area (Å²) in [4.78, 5) is 35.8. The van der Waals surface area contributed by atoms with Crippen LogP contribution in [-0.2, 0) is 4.79 Å². The van der Waals surface area contributed by atoms with Crippen LogP contribution in [0.3, 0.4) is 0 Å². The summed E-state index contributed by atoms with van der Waals surface area (Å²) in [5.74, 6) is -2.22. The molecule has 0 aliphatic heterocycles. The van der Waals surface area contributed by atoms with E-state index >= 15 is 0 Å². The number of benzene rings is 1. The summed E-state index contributed by atoms with van der Waals surface area (Å²) >= 11 is 1.36. The number of carbonyl (C=O) groups excluding carboxylic acids is 1. The van der Waals surface area contributed by atoms with Crippen LogP contribution in [0, 0.1) is 0 Å². The van der Waals surface area contributed by atoms with Crippen LogP contribution >= 0.6 is 11.3 Å². The molecule has 2 aromatic heterocycles. The second-order valence-corrected chi connectivity index (χ2v) is 5.40. The SMILES string of the molecule is O=C(O)CNC(=O)c1c(O)cc(-c2cncs2)c2nccnc12. The number of hydrogen-bond donors (Lipinski definition) is 3. The lowest BCUT2D eigenvalue weighted by Crippen LogP contribution is -2.29. The Morgan fingerprint density at radius 2 is 1.96 bits per heavy atom. The molecule has 0 unspecified atom stereocenters. The molecule has 0 bridgehead atoms. The third-order valence-electron chi connectivity index (χ3n) is 3.05. The smallest absolute Gasteiger partial charge is 0.322 e. The van der Waals surface area contributed by atoms with Crippen LogP contribution in [0.15, 0.2) is 30.2 Å². The lowest BCUT2D eigenvalue weighted by molar-refractivity contribution is -0.135. The fraction of sp³-hybridized carbons (Fsp3) is 0.0714. The Labute approximate surface area is 133 Å². The first-order valence-corrected chi connectivity index (χ1v) is 7.31. The maximum absolute atomic E-state index is 12.2. The second kappa shape index (κ2) is 5.97. The minimum Gasteiger partial charge on any atom is -0.507 e. The summed E-state index contributed by atoms with van der Waals surface area (Å²) < 4.78 is 0. The van der Waals surface area contributed by atoms with Gasteiger partial charge in [-0.2, -0.15) is 0 Å². The van der Waals surface area contributed by atoms with Crippen LogP contribution in [0.4, 0.5) is 0 Å². The van der Waals surface area contributed by atoms with Gasteiger partial charge in [-0.3, -0.25) is 24.5 Å². The molecule has 0 radical (unpaired) electrons. The van der Waals surface area contributed by atoms with Gasteiger partial charge in [-0.25, -0.2) is 0 Å². The number of nitrogens with one attached hydrogen (secondary N) is 1. The quantitative estimate of drug-likeness (QED) is 0.657. The van der Waals surface area contributed by atoms with Gasteiger partial charge >= 0.3 is 5.97 Å². The molecule has 0 fully saturated rings. The zero-order valence-corrected chi connectivity index (χ0v) is 12.4. The number of rotatable bonds is 4. The number of thiazole rings is 1. The van der Waals surface area contributed by atoms with Crippen LogP contribution in [0.1, 0.15) is 10.4 Å². The molecule has 3 aromatic rings. The van der Waals surface area contributed by atoms with Gasteiger partial charge in [0.05, 0.1) is 15.9 Å². The molecular weight excluding hydrogens is 320 g/mol. The zero-order chi connectivity index (χ0) is 16.4. The van der Waals surface area contributed by atoms with Crippen molar-refractivity contribution in [3.63, 3.8) is 0 Å². The third kappa shape index (κ3) is 2.81.